The Hall–Kier alpha value is -1.33. The summed E-state index contributed by atoms with van der Waals surface area (Å²) in [6.45, 7) is 1.86. The van der Waals surface area contributed by atoms with Crippen LogP contribution in [-0.2, 0) is 6.42 Å². The number of aryl methyl sites for hydroxylation is 1. The lowest BCUT2D eigenvalue weighted by atomic mass is 10.1. The highest BCUT2D eigenvalue weighted by Gasteiger charge is 2.09. The van der Waals surface area contributed by atoms with Gasteiger partial charge in [-0.1, -0.05) is 0 Å². The number of hydrogen-bond acceptors (Lipinski definition) is 4. The zero-order chi connectivity index (χ0) is 12.3. The highest BCUT2D eigenvalue weighted by molar-refractivity contribution is 9.10. The normalized spacial score (nSPS) is 12.4. The Kier molecular flexibility index (Phi) is 3.81. The predicted molar refractivity (Wildman–Crippen MR) is 69.3 cm³/mol. The number of halogens is 1. The first-order valence-corrected chi connectivity index (χ1v) is 6.10. The van der Waals surface area contributed by atoms with Crippen molar-refractivity contribution in [2.75, 3.05) is 0 Å². The second kappa shape index (κ2) is 5.33. The Balaban J connectivity index is 2.11. The van der Waals surface area contributed by atoms with E-state index in [2.05, 4.69) is 30.9 Å². The third-order valence-corrected chi connectivity index (χ3v) is 2.86. The van der Waals surface area contributed by atoms with E-state index < -0.39 is 0 Å². The van der Waals surface area contributed by atoms with E-state index >= 15 is 0 Å². The largest absolute Gasteiger partial charge is 0.322 e. The van der Waals surface area contributed by atoms with Gasteiger partial charge in [-0.15, -0.1) is 0 Å². The van der Waals surface area contributed by atoms with Gasteiger partial charge in [-0.2, -0.15) is 0 Å². The molecule has 2 aromatic heterocycles. The van der Waals surface area contributed by atoms with Crippen molar-refractivity contribution in [3.05, 3.63) is 52.3 Å². The molecule has 1 unspecified atom stereocenters. The molecule has 0 amide bonds. The lowest BCUT2D eigenvalue weighted by Crippen LogP contribution is -2.16. The number of nitrogens with two attached hydrogens (primary N) is 1. The Labute approximate surface area is 108 Å². The van der Waals surface area contributed by atoms with Gasteiger partial charge in [0.1, 0.15) is 5.82 Å². The van der Waals surface area contributed by atoms with Crippen LogP contribution in [0.5, 0.6) is 0 Å². The minimum absolute atomic E-state index is 0.148. The molecule has 0 radical (unpaired) electrons. The molecule has 4 nitrogen and oxygen atoms in total. The average Bonchev–Trinajstić information content (AvgIpc) is 2.32. The fraction of sp³-hybridized carbons (Fsp3) is 0.250. The molecule has 0 aliphatic rings. The van der Waals surface area contributed by atoms with Gasteiger partial charge in [0.05, 0.1) is 11.7 Å². The van der Waals surface area contributed by atoms with E-state index in [9.17, 15) is 0 Å². The number of nitrogens with zero attached hydrogens (tertiary/aromatic N) is 3. The second-order valence-electron chi connectivity index (χ2n) is 3.81. The first kappa shape index (κ1) is 12.1. The van der Waals surface area contributed by atoms with Gasteiger partial charge in [0.2, 0.25) is 0 Å². The third kappa shape index (κ3) is 3.31. The Bertz CT molecular complexity index is 498. The fourth-order valence-electron chi connectivity index (χ4n) is 1.54. The second-order valence-corrected chi connectivity index (χ2v) is 4.72. The summed E-state index contributed by atoms with van der Waals surface area (Å²) in [6, 6.07) is 5.61. The first-order valence-electron chi connectivity index (χ1n) is 5.30. The van der Waals surface area contributed by atoms with Crippen LogP contribution < -0.4 is 5.73 Å². The predicted octanol–water partition coefficient (Wildman–Crippen LogP) is 2.19. The summed E-state index contributed by atoms with van der Waals surface area (Å²) < 4.78 is 0.965. The molecule has 2 N–H and O–H groups in total. The molecule has 0 saturated heterocycles. The molecule has 0 aromatic carbocycles. The number of aromatic nitrogens is 3. The summed E-state index contributed by atoms with van der Waals surface area (Å²) in [6.07, 6.45) is 4.17. The van der Waals surface area contributed by atoms with Gasteiger partial charge < -0.3 is 5.73 Å². The third-order valence-electron chi connectivity index (χ3n) is 2.40. The van der Waals surface area contributed by atoms with Crippen molar-refractivity contribution in [2.24, 2.45) is 5.73 Å². The molecule has 2 aromatic rings. The number of hydrogen-bond donors (Lipinski definition) is 1. The standard InChI is InChI=1S/C12H13BrN4/c1-8-15-5-4-12(17-8)11(14)6-10-3-2-9(13)7-16-10/h2-5,7,11H,6,14H2,1H3. The topological polar surface area (TPSA) is 64.7 Å². The maximum atomic E-state index is 6.09. The van der Waals surface area contributed by atoms with E-state index in [0.717, 1.165) is 21.7 Å². The smallest absolute Gasteiger partial charge is 0.125 e. The molecule has 0 aliphatic carbocycles. The van der Waals surface area contributed by atoms with Crippen LogP contribution in [0, 0.1) is 6.92 Å². The zero-order valence-electron chi connectivity index (χ0n) is 9.47. The van der Waals surface area contributed by atoms with E-state index in [1.165, 1.54) is 0 Å². The lowest BCUT2D eigenvalue weighted by Gasteiger charge is -2.10. The number of pyridine rings is 1. The summed E-state index contributed by atoms with van der Waals surface area (Å²) in [7, 11) is 0. The van der Waals surface area contributed by atoms with Gasteiger partial charge >= 0.3 is 0 Å². The molecule has 88 valence electrons. The van der Waals surface area contributed by atoms with Gasteiger partial charge in [-0.05, 0) is 41.1 Å². The average molecular weight is 293 g/mol. The molecule has 2 rings (SSSR count). The lowest BCUT2D eigenvalue weighted by molar-refractivity contribution is 0.676. The van der Waals surface area contributed by atoms with Gasteiger partial charge in [-0.3, -0.25) is 4.98 Å². The molecular weight excluding hydrogens is 280 g/mol. The fourth-order valence-corrected chi connectivity index (χ4v) is 1.77. The van der Waals surface area contributed by atoms with Crippen molar-refractivity contribution in [3.63, 3.8) is 0 Å². The molecule has 2 heterocycles. The maximum absolute atomic E-state index is 6.09. The van der Waals surface area contributed by atoms with Crippen LogP contribution >= 0.6 is 15.9 Å². The summed E-state index contributed by atoms with van der Waals surface area (Å²) in [5.74, 6) is 0.738. The molecular formula is C12H13BrN4. The first-order chi connectivity index (χ1) is 8.15. The van der Waals surface area contributed by atoms with Crippen molar-refractivity contribution in [2.45, 2.75) is 19.4 Å². The summed E-state index contributed by atoms with van der Waals surface area (Å²) in [5, 5.41) is 0. The van der Waals surface area contributed by atoms with Crippen molar-refractivity contribution < 1.29 is 0 Å². The Morgan fingerprint density at radius 2 is 2.12 bits per heavy atom. The molecule has 0 spiro atoms. The summed E-state index contributed by atoms with van der Waals surface area (Å²) in [4.78, 5) is 12.7. The van der Waals surface area contributed by atoms with Crippen molar-refractivity contribution in [1.29, 1.82) is 0 Å². The highest BCUT2D eigenvalue weighted by atomic mass is 79.9. The quantitative estimate of drug-likeness (QED) is 0.942. The van der Waals surface area contributed by atoms with E-state index in [4.69, 9.17) is 5.73 Å². The molecule has 1 atom stereocenters. The maximum Gasteiger partial charge on any atom is 0.125 e. The zero-order valence-corrected chi connectivity index (χ0v) is 11.1. The summed E-state index contributed by atoms with van der Waals surface area (Å²) >= 11 is 3.35. The van der Waals surface area contributed by atoms with Crippen LogP contribution in [0.4, 0.5) is 0 Å². The van der Waals surface area contributed by atoms with E-state index in [1.807, 2.05) is 25.1 Å². The van der Waals surface area contributed by atoms with Crippen molar-refractivity contribution >= 4 is 15.9 Å². The van der Waals surface area contributed by atoms with Crippen LogP contribution in [0.3, 0.4) is 0 Å². The van der Waals surface area contributed by atoms with E-state index in [1.54, 1.807) is 12.4 Å². The molecule has 17 heavy (non-hydrogen) atoms. The monoisotopic (exact) mass is 292 g/mol. The van der Waals surface area contributed by atoms with Crippen LogP contribution in [-0.4, -0.2) is 15.0 Å². The minimum atomic E-state index is -0.148. The van der Waals surface area contributed by atoms with E-state index in [-0.39, 0.29) is 6.04 Å². The molecule has 0 saturated carbocycles. The van der Waals surface area contributed by atoms with Crippen molar-refractivity contribution in [1.82, 2.24) is 15.0 Å². The number of rotatable bonds is 3. The molecule has 0 bridgehead atoms. The van der Waals surface area contributed by atoms with Gasteiger partial charge in [0, 0.05) is 29.0 Å². The van der Waals surface area contributed by atoms with Gasteiger partial charge in [0.15, 0.2) is 0 Å². The Morgan fingerprint density at radius 1 is 1.29 bits per heavy atom. The van der Waals surface area contributed by atoms with Crippen LogP contribution in [0.1, 0.15) is 23.3 Å². The van der Waals surface area contributed by atoms with E-state index in [0.29, 0.717) is 6.42 Å². The van der Waals surface area contributed by atoms with Gasteiger partial charge in [0.25, 0.3) is 0 Å². The SMILES string of the molecule is Cc1nccc(C(N)Cc2ccc(Br)cn2)n1. The van der Waals surface area contributed by atoms with Crippen LogP contribution in [0.25, 0.3) is 0 Å². The van der Waals surface area contributed by atoms with Gasteiger partial charge in [-0.25, -0.2) is 9.97 Å². The van der Waals surface area contributed by atoms with Crippen molar-refractivity contribution in [3.8, 4) is 0 Å². The van der Waals surface area contributed by atoms with Crippen LogP contribution in [0.2, 0.25) is 0 Å². The molecule has 0 aliphatic heterocycles. The Morgan fingerprint density at radius 3 is 2.76 bits per heavy atom. The highest BCUT2D eigenvalue weighted by Crippen LogP contribution is 2.14. The summed E-state index contributed by atoms with van der Waals surface area (Å²) in [5.41, 5.74) is 7.90. The minimum Gasteiger partial charge on any atom is -0.322 e. The van der Waals surface area contributed by atoms with Crippen LogP contribution in [0.15, 0.2) is 35.1 Å². The molecule has 5 heteroatoms. The molecule has 0 fully saturated rings.